The van der Waals surface area contributed by atoms with Crippen LogP contribution in [-0.2, 0) is 19.1 Å². The third-order valence-electron chi connectivity index (χ3n) is 5.08. The Labute approximate surface area is 191 Å². The Morgan fingerprint density at radius 2 is 1.71 bits per heavy atom. The number of carbonyl (C=O) groups excluding carboxylic acids is 3. The fraction of sp³-hybridized carbons (Fsp3) is 0.783. The van der Waals surface area contributed by atoms with Gasteiger partial charge in [-0.25, -0.2) is 9.59 Å². The molecule has 1 aliphatic heterocycles. The van der Waals surface area contributed by atoms with Gasteiger partial charge in [-0.3, -0.25) is 9.69 Å². The molecule has 1 rings (SSSR count). The molecule has 0 aromatic rings. The standard InChI is InChI=1S/C23H39ClN2O5/c1-9-16(14-25-15(2)27)12-18-17(10-11-24)13-19(20(28)30-22(3,4)5)26(18)21(29)31-23(6,7)8/h10-11,16-19H,9,12-14H2,1-8H3,(H,25,27)/t16?,17-,18-,19-/m1/s1. The lowest BCUT2D eigenvalue weighted by molar-refractivity contribution is -0.160. The first-order chi connectivity index (χ1) is 14.2. The molecular formula is C23H39ClN2O5. The Morgan fingerprint density at radius 3 is 2.16 bits per heavy atom. The van der Waals surface area contributed by atoms with Crippen LogP contribution in [0.3, 0.4) is 0 Å². The summed E-state index contributed by atoms with van der Waals surface area (Å²) in [5.41, 5.74) is 0.0437. The van der Waals surface area contributed by atoms with Crippen molar-refractivity contribution in [3.05, 3.63) is 11.6 Å². The third-order valence-corrected chi connectivity index (χ3v) is 5.22. The minimum Gasteiger partial charge on any atom is -0.458 e. The van der Waals surface area contributed by atoms with Crippen LogP contribution in [0, 0.1) is 11.8 Å². The Hall–Kier alpha value is -1.76. The summed E-state index contributed by atoms with van der Waals surface area (Å²) < 4.78 is 11.3. The number of nitrogens with one attached hydrogen (secondary N) is 1. The first-order valence-corrected chi connectivity index (χ1v) is 11.4. The van der Waals surface area contributed by atoms with E-state index in [9.17, 15) is 14.4 Å². The summed E-state index contributed by atoms with van der Waals surface area (Å²) >= 11 is 5.90. The largest absolute Gasteiger partial charge is 0.458 e. The molecule has 0 aliphatic carbocycles. The van der Waals surface area contributed by atoms with Crippen molar-refractivity contribution in [3.63, 3.8) is 0 Å². The van der Waals surface area contributed by atoms with Gasteiger partial charge in [-0.05, 0) is 60.3 Å². The molecule has 1 heterocycles. The lowest BCUT2D eigenvalue weighted by atomic mass is 9.89. The maximum atomic E-state index is 13.2. The quantitative estimate of drug-likeness (QED) is 0.562. The molecule has 1 aliphatic rings. The number of halogens is 1. The van der Waals surface area contributed by atoms with Gasteiger partial charge in [-0.1, -0.05) is 31.0 Å². The number of hydrogen-bond donors (Lipinski definition) is 1. The summed E-state index contributed by atoms with van der Waals surface area (Å²) in [5.74, 6) is -0.558. The fourth-order valence-corrected chi connectivity index (χ4v) is 3.92. The molecule has 1 unspecified atom stereocenters. The van der Waals surface area contributed by atoms with E-state index >= 15 is 0 Å². The molecule has 178 valence electrons. The minimum atomic E-state index is -0.768. The second-order valence-corrected chi connectivity index (χ2v) is 10.4. The number of rotatable bonds is 7. The van der Waals surface area contributed by atoms with Crippen molar-refractivity contribution in [2.24, 2.45) is 11.8 Å². The Kier molecular flexibility index (Phi) is 9.86. The number of carbonyl (C=O) groups is 3. The monoisotopic (exact) mass is 458 g/mol. The van der Waals surface area contributed by atoms with Crippen LogP contribution in [0.4, 0.5) is 4.79 Å². The molecule has 0 aromatic carbocycles. The molecule has 0 spiro atoms. The van der Waals surface area contributed by atoms with Crippen LogP contribution in [0.15, 0.2) is 11.6 Å². The third kappa shape index (κ3) is 9.09. The van der Waals surface area contributed by atoms with E-state index in [1.807, 2.05) is 13.0 Å². The molecule has 0 aromatic heterocycles. The van der Waals surface area contributed by atoms with E-state index in [0.29, 0.717) is 19.4 Å². The molecule has 0 radical (unpaired) electrons. The van der Waals surface area contributed by atoms with Gasteiger partial charge >= 0.3 is 12.1 Å². The SMILES string of the molecule is CCC(CNC(C)=O)C[C@@H]1[C@H](C=CCl)C[C@H](C(=O)OC(C)(C)C)N1C(=O)OC(C)(C)C. The average Bonchev–Trinajstić information content (AvgIpc) is 2.94. The summed E-state index contributed by atoms with van der Waals surface area (Å²) in [6, 6.07) is -1.07. The van der Waals surface area contributed by atoms with Gasteiger partial charge in [0.2, 0.25) is 5.91 Å². The zero-order chi connectivity index (χ0) is 24.0. The molecule has 1 N–H and O–H groups in total. The van der Waals surface area contributed by atoms with E-state index in [1.54, 1.807) is 41.5 Å². The molecular weight excluding hydrogens is 420 g/mol. The molecule has 0 saturated carbocycles. The Morgan fingerprint density at radius 1 is 1.13 bits per heavy atom. The molecule has 0 bridgehead atoms. The van der Waals surface area contributed by atoms with Crippen molar-refractivity contribution in [2.45, 2.75) is 97.9 Å². The van der Waals surface area contributed by atoms with Crippen molar-refractivity contribution >= 4 is 29.6 Å². The van der Waals surface area contributed by atoms with Crippen molar-refractivity contribution in [1.29, 1.82) is 0 Å². The highest BCUT2D eigenvalue weighted by Crippen LogP contribution is 2.37. The molecule has 1 saturated heterocycles. The van der Waals surface area contributed by atoms with Crippen molar-refractivity contribution < 1.29 is 23.9 Å². The van der Waals surface area contributed by atoms with Gasteiger partial charge in [-0.2, -0.15) is 0 Å². The lowest BCUT2D eigenvalue weighted by Crippen LogP contribution is -2.50. The predicted molar refractivity (Wildman–Crippen MR) is 122 cm³/mol. The van der Waals surface area contributed by atoms with Gasteiger partial charge in [0.05, 0.1) is 0 Å². The lowest BCUT2D eigenvalue weighted by Gasteiger charge is -2.35. The number of ether oxygens (including phenoxy) is 2. The fourth-order valence-electron chi connectivity index (χ4n) is 3.74. The first kappa shape index (κ1) is 27.3. The molecule has 8 heteroatoms. The van der Waals surface area contributed by atoms with Gasteiger partial charge in [0.15, 0.2) is 0 Å². The summed E-state index contributed by atoms with van der Waals surface area (Å²) in [6.45, 7) is 14.8. The Balaban J connectivity index is 3.28. The number of amides is 2. The van der Waals surface area contributed by atoms with Gasteiger partial charge in [-0.15, -0.1) is 0 Å². The summed E-state index contributed by atoms with van der Waals surface area (Å²) in [6.07, 6.45) is 3.08. The highest BCUT2D eigenvalue weighted by Gasteiger charge is 2.49. The van der Waals surface area contributed by atoms with Gasteiger partial charge in [0.25, 0.3) is 0 Å². The van der Waals surface area contributed by atoms with E-state index in [1.165, 1.54) is 17.4 Å². The van der Waals surface area contributed by atoms with Crippen LogP contribution >= 0.6 is 11.6 Å². The van der Waals surface area contributed by atoms with E-state index in [4.69, 9.17) is 21.1 Å². The molecule has 7 nitrogen and oxygen atoms in total. The highest BCUT2D eigenvalue weighted by atomic mass is 35.5. The van der Waals surface area contributed by atoms with E-state index < -0.39 is 29.3 Å². The summed E-state index contributed by atoms with van der Waals surface area (Å²) in [4.78, 5) is 39.1. The molecule has 2 amide bonds. The Bertz CT molecular complexity index is 666. The molecule has 1 fully saturated rings. The van der Waals surface area contributed by atoms with Crippen LogP contribution in [-0.4, -0.2) is 52.7 Å². The number of hydrogen-bond acceptors (Lipinski definition) is 5. The van der Waals surface area contributed by atoms with Crippen LogP contribution < -0.4 is 5.32 Å². The average molecular weight is 459 g/mol. The minimum absolute atomic E-state index is 0.0993. The van der Waals surface area contributed by atoms with Crippen LogP contribution in [0.1, 0.15) is 74.7 Å². The van der Waals surface area contributed by atoms with Crippen LogP contribution in [0.25, 0.3) is 0 Å². The smallest absolute Gasteiger partial charge is 0.411 e. The summed E-state index contributed by atoms with van der Waals surface area (Å²) in [5, 5.41) is 2.86. The van der Waals surface area contributed by atoms with Crippen molar-refractivity contribution in [3.8, 4) is 0 Å². The van der Waals surface area contributed by atoms with E-state index in [2.05, 4.69) is 5.32 Å². The van der Waals surface area contributed by atoms with Crippen molar-refractivity contribution in [1.82, 2.24) is 10.2 Å². The maximum Gasteiger partial charge on any atom is 0.411 e. The van der Waals surface area contributed by atoms with Gasteiger partial charge in [0, 0.05) is 31.0 Å². The maximum absolute atomic E-state index is 13.2. The second-order valence-electron chi connectivity index (χ2n) is 10.2. The normalized spacial score (nSPS) is 23.0. The summed E-state index contributed by atoms with van der Waals surface area (Å²) in [7, 11) is 0. The van der Waals surface area contributed by atoms with E-state index in [0.717, 1.165) is 6.42 Å². The van der Waals surface area contributed by atoms with Gasteiger partial charge in [0.1, 0.15) is 17.2 Å². The molecule has 31 heavy (non-hydrogen) atoms. The zero-order valence-corrected chi connectivity index (χ0v) is 20.9. The van der Waals surface area contributed by atoms with Crippen LogP contribution in [0.5, 0.6) is 0 Å². The second kappa shape index (κ2) is 11.2. The van der Waals surface area contributed by atoms with E-state index in [-0.39, 0.29) is 23.8 Å². The predicted octanol–water partition coefficient (Wildman–Crippen LogP) is 4.63. The van der Waals surface area contributed by atoms with Gasteiger partial charge < -0.3 is 14.8 Å². The molecule has 4 atom stereocenters. The number of likely N-dealkylation sites (tertiary alicyclic amines) is 1. The number of nitrogens with zero attached hydrogens (tertiary/aromatic N) is 1. The van der Waals surface area contributed by atoms with Crippen LogP contribution in [0.2, 0.25) is 0 Å². The zero-order valence-electron chi connectivity index (χ0n) is 20.2. The highest BCUT2D eigenvalue weighted by molar-refractivity contribution is 6.25. The van der Waals surface area contributed by atoms with Crippen molar-refractivity contribution in [2.75, 3.05) is 6.54 Å². The topological polar surface area (TPSA) is 84.9 Å². The first-order valence-electron chi connectivity index (χ1n) is 10.9. The number of esters is 1.